The van der Waals surface area contributed by atoms with E-state index in [0.29, 0.717) is 12.4 Å². The largest absolute Gasteiger partial charge is 0.299 e. The third kappa shape index (κ3) is 2.79. The summed E-state index contributed by atoms with van der Waals surface area (Å²) in [6.45, 7) is 10.9. The van der Waals surface area contributed by atoms with Gasteiger partial charge < -0.3 is 0 Å². The van der Waals surface area contributed by atoms with Crippen molar-refractivity contribution in [2.24, 2.45) is 16.3 Å². The molecule has 0 N–H and O–H groups in total. The number of rotatable bonds is 1. The van der Waals surface area contributed by atoms with E-state index in [2.05, 4.69) is 69.0 Å². The molecule has 0 radical (unpaired) electrons. The Kier molecular flexibility index (Phi) is 3.69. The predicted molar refractivity (Wildman–Crippen MR) is 102 cm³/mol. The number of aromatic nitrogens is 3. The van der Waals surface area contributed by atoms with Gasteiger partial charge in [0.1, 0.15) is 12.1 Å². The number of nitrogens with zero attached hydrogens (tertiary/aromatic N) is 4. The first-order chi connectivity index (χ1) is 12.2. The SMILES string of the molecule is CC1(C)CC(=O)C2C(=Nc3ncnn3C2c2ccc(C(C)(C)C)cc2)C1. The van der Waals surface area contributed by atoms with Crippen LogP contribution in [0.2, 0.25) is 0 Å². The van der Waals surface area contributed by atoms with Gasteiger partial charge in [-0.05, 0) is 28.4 Å². The summed E-state index contributed by atoms with van der Waals surface area (Å²) in [5.74, 6) is 0.621. The summed E-state index contributed by atoms with van der Waals surface area (Å²) < 4.78 is 1.82. The fourth-order valence-electron chi connectivity index (χ4n) is 4.20. The summed E-state index contributed by atoms with van der Waals surface area (Å²) in [7, 11) is 0. The predicted octanol–water partition coefficient (Wildman–Crippen LogP) is 4.26. The summed E-state index contributed by atoms with van der Waals surface area (Å²) in [4.78, 5) is 22.0. The zero-order valence-electron chi connectivity index (χ0n) is 16.2. The minimum atomic E-state index is -0.238. The molecule has 0 bridgehead atoms. The van der Waals surface area contributed by atoms with E-state index in [-0.39, 0.29) is 28.6 Å². The molecule has 2 atom stereocenters. The maximum atomic E-state index is 13.0. The first-order valence-corrected chi connectivity index (χ1v) is 9.26. The number of carbonyl (C=O) groups excluding carboxylic acids is 1. The van der Waals surface area contributed by atoms with E-state index in [4.69, 9.17) is 4.99 Å². The van der Waals surface area contributed by atoms with Crippen LogP contribution in [0.5, 0.6) is 0 Å². The number of benzene rings is 1. The zero-order chi connectivity index (χ0) is 18.7. The van der Waals surface area contributed by atoms with Crippen LogP contribution in [0.3, 0.4) is 0 Å². The zero-order valence-corrected chi connectivity index (χ0v) is 16.2. The van der Waals surface area contributed by atoms with Crippen molar-refractivity contribution in [2.75, 3.05) is 0 Å². The first-order valence-electron chi connectivity index (χ1n) is 9.26. The maximum Gasteiger partial charge on any atom is 0.248 e. The van der Waals surface area contributed by atoms with Crippen LogP contribution in [0.25, 0.3) is 0 Å². The van der Waals surface area contributed by atoms with Crippen molar-refractivity contribution in [3.05, 3.63) is 41.7 Å². The van der Waals surface area contributed by atoms with Crippen molar-refractivity contribution >= 4 is 17.4 Å². The summed E-state index contributed by atoms with van der Waals surface area (Å²) in [5.41, 5.74) is 3.38. The quantitative estimate of drug-likeness (QED) is 0.772. The molecule has 2 heterocycles. The Morgan fingerprint density at radius 3 is 2.46 bits per heavy atom. The molecule has 1 aromatic heterocycles. The Balaban J connectivity index is 1.80. The molecule has 5 heteroatoms. The van der Waals surface area contributed by atoms with E-state index < -0.39 is 0 Å². The van der Waals surface area contributed by atoms with Crippen molar-refractivity contribution in [3.8, 4) is 0 Å². The van der Waals surface area contributed by atoms with Crippen LogP contribution in [0.4, 0.5) is 5.95 Å². The molecule has 1 aliphatic carbocycles. The average Bonchev–Trinajstić information content (AvgIpc) is 2.99. The number of Topliss-reactive ketones (excluding diaryl/α,β-unsaturated/α-hetero) is 1. The lowest BCUT2D eigenvalue weighted by atomic mass is 9.67. The van der Waals surface area contributed by atoms with E-state index in [1.165, 1.54) is 11.9 Å². The normalized spacial score (nSPS) is 24.7. The standard InChI is InChI=1S/C21H26N4O/c1-20(2,3)14-8-6-13(7-9-14)18-17-15(10-21(4,5)11-16(17)26)24-19-22-12-23-25(18)19/h6-9,12,17-18H,10-11H2,1-5H3. The highest BCUT2D eigenvalue weighted by molar-refractivity contribution is 6.09. The third-order valence-corrected chi connectivity index (χ3v) is 5.51. The molecule has 2 aromatic rings. The molecular formula is C21H26N4O. The molecule has 2 unspecified atom stereocenters. The van der Waals surface area contributed by atoms with Gasteiger partial charge in [0.15, 0.2) is 0 Å². The van der Waals surface area contributed by atoms with Gasteiger partial charge in [0.05, 0.1) is 12.0 Å². The van der Waals surface area contributed by atoms with E-state index in [0.717, 1.165) is 17.7 Å². The lowest BCUT2D eigenvalue weighted by molar-refractivity contribution is -0.124. The molecule has 0 amide bonds. The topological polar surface area (TPSA) is 60.1 Å². The van der Waals surface area contributed by atoms with Gasteiger partial charge in [-0.1, -0.05) is 58.9 Å². The molecule has 5 nitrogen and oxygen atoms in total. The highest BCUT2D eigenvalue weighted by Crippen LogP contribution is 2.44. The Morgan fingerprint density at radius 2 is 1.81 bits per heavy atom. The van der Waals surface area contributed by atoms with Crippen molar-refractivity contribution in [1.29, 1.82) is 0 Å². The molecule has 1 saturated carbocycles. The van der Waals surface area contributed by atoms with Gasteiger partial charge in [0.2, 0.25) is 5.95 Å². The van der Waals surface area contributed by atoms with E-state index in [9.17, 15) is 4.79 Å². The molecule has 4 rings (SSSR count). The molecule has 26 heavy (non-hydrogen) atoms. The van der Waals surface area contributed by atoms with Crippen molar-refractivity contribution in [2.45, 2.75) is 58.9 Å². The van der Waals surface area contributed by atoms with Gasteiger partial charge in [-0.25, -0.2) is 9.67 Å². The molecule has 2 aliphatic rings. The molecule has 1 fully saturated rings. The Hall–Kier alpha value is -2.30. The minimum absolute atomic E-state index is 0.0464. The van der Waals surface area contributed by atoms with Gasteiger partial charge in [-0.15, -0.1) is 0 Å². The summed E-state index contributed by atoms with van der Waals surface area (Å²) in [6.07, 6.45) is 2.94. The molecule has 0 saturated heterocycles. The van der Waals surface area contributed by atoms with Crippen LogP contribution in [0, 0.1) is 11.3 Å². The van der Waals surface area contributed by atoms with Crippen LogP contribution < -0.4 is 0 Å². The number of carbonyl (C=O) groups is 1. The van der Waals surface area contributed by atoms with Crippen LogP contribution in [-0.4, -0.2) is 26.3 Å². The summed E-state index contributed by atoms with van der Waals surface area (Å²) >= 11 is 0. The highest BCUT2D eigenvalue weighted by atomic mass is 16.1. The second kappa shape index (κ2) is 5.60. The minimum Gasteiger partial charge on any atom is -0.299 e. The fraction of sp³-hybridized carbons (Fsp3) is 0.524. The smallest absolute Gasteiger partial charge is 0.248 e. The average molecular weight is 350 g/mol. The lowest BCUT2D eigenvalue weighted by Crippen LogP contribution is -2.44. The van der Waals surface area contributed by atoms with Crippen molar-refractivity contribution < 1.29 is 4.79 Å². The summed E-state index contributed by atoms with van der Waals surface area (Å²) in [5, 5.41) is 4.39. The Labute approximate surface area is 154 Å². The van der Waals surface area contributed by atoms with Crippen LogP contribution in [0.1, 0.15) is 64.6 Å². The third-order valence-electron chi connectivity index (χ3n) is 5.51. The van der Waals surface area contributed by atoms with Gasteiger partial charge in [-0.3, -0.25) is 4.79 Å². The van der Waals surface area contributed by atoms with Crippen LogP contribution in [0.15, 0.2) is 35.6 Å². The number of aliphatic imine (C=N–C) groups is 1. The Morgan fingerprint density at radius 1 is 1.12 bits per heavy atom. The molecular weight excluding hydrogens is 324 g/mol. The number of fused-ring (bicyclic) bond motifs is 2. The lowest BCUT2D eigenvalue weighted by Gasteiger charge is -2.40. The Bertz CT molecular complexity index is 883. The molecule has 1 aromatic carbocycles. The molecule has 136 valence electrons. The van der Waals surface area contributed by atoms with Gasteiger partial charge in [0, 0.05) is 12.1 Å². The summed E-state index contributed by atoms with van der Waals surface area (Å²) in [6, 6.07) is 8.43. The van der Waals surface area contributed by atoms with Gasteiger partial charge in [0.25, 0.3) is 0 Å². The van der Waals surface area contributed by atoms with E-state index in [1.54, 1.807) is 0 Å². The van der Waals surface area contributed by atoms with Crippen LogP contribution >= 0.6 is 0 Å². The fourth-order valence-corrected chi connectivity index (χ4v) is 4.20. The highest BCUT2D eigenvalue weighted by Gasteiger charge is 2.46. The monoisotopic (exact) mass is 350 g/mol. The van der Waals surface area contributed by atoms with Crippen molar-refractivity contribution in [3.63, 3.8) is 0 Å². The number of ketones is 1. The second-order valence-corrected chi connectivity index (χ2v) is 9.39. The second-order valence-electron chi connectivity index (χ2n) is 9.39. The first kappa shape index (κ1) is 17.1. The molecule has 0 spiro atoms. The van der Waals surface area contributed by atoms with E-state index in [1.807, 2.05) is 4.68 Å². The van der Waals surface area contributed by atoms with Crippen LogP contribution in [-0.2, 0) is 10.2 Å². The van der Waals surface area contributed by atoms with Gasteiger partial charge >= 0.3 is 0 Å². The number of hydrogen-bond acceptors (Lipinski definition) is 4. The molecule has 1 aliphatic heterocycles. The maximum absolute atomic E-state index is 13.0. The van der Waals surface area contributed by atoms with Crippen molar-refractivity contribution in [1.82, 2.24) is 14.8 Å². The van der Waals surface area contributed by atoms with E-state index >= 15 is 0 Å². The number of hydrogen-bond donors (Lipinski definition) is 0. The van der Waals surface area contributed by atoms with Gasteiger partial charge in [-0.2, -0.15) is 10.1 Å².